The smallest absolute Gasteiger partial charge is 0.0516 e. The molecule has 0 amide bonds. The predicted molar refractivity (Wildman–Crippen MR) is 91.6 cm³/mol. The van der Waals surface area contributed by atoms with Crippen LogP contribution in [0.25, 0.3) is 0 Å². The van der Waals surface area contributed by atoms with Crippen LogP contribution >= 0.6 is 15.9 Å². The van der Waals surface area contributed by atoms with E-state index < -0.39 is 0 Å². The molecule has 1 aromatic carbocycles. The van der Waals surface area contributed by atoms with Gasteiger partial charge in [-0.3, -0.25) is 0 Å². The van der Waals surface area contributed by atoms with Crippen molar-refractivity contribution in [1.82, 2.24) is 5.32 Å². The van der Waals surface area contributed by atoms with Crippen LogP contribution in [0.4, 0.5) is 5.69 Å². The highest BCUT2D eigenvalue weighted by atomic mass is 79.9. The minimum Gasteiger partial charge on any atom is -0.365 e. The topological polar surface area (TPSA) is 15.3 Å². The highest BCUT2D eigenvalue weighted by Gasteiger charge is 2.36. The summed E-state index contributed by atoms with van der Waals surface area (Å²) in [5.74, 6) is 0. The maximum absolute atomic E-state index is 3.81. The van der Waals surface area contributed by atoms with Crippen LogP contribution in [0.2, 0.25) is 0 Å². The third kappa shape index (κ3) is 2.89. The number of piperazine rings is 1. The summed E-state index contributed by atoms with van der Waals surface area (Å²) in [5, 5.41) is 3.81. The van der Waals surface area contributed by atoms with Gasteiger partial charge in [-0.05, 0) is 53.7 Å². The molecule has 0 radical (unpaired) electrons. The summed E-state index contributed by atoms with van der Waals surface area (Å²) in [7, 11) is 0. The molecule has 0 spiro atoms. The molecule has 1 aromatic rings. The van der Waals surface area contributed by atoms with Crippen molar-refractivity contribution < 1.29 is 0 Å². The maximum atomic E-state index is 3.81. The van der Waals surface area contributed by atoms with Crippen LogP contribution in [-0.2, 0) is 0 Å². The molecule has 1 heterocycles. The van der Waals surface area contributed by atoms with E-state index in [1.165, 1.54) is 35.0 Å². The normalized spacial score (nSPS) is 22.1. The number of benzene rings is 1. The molecule has 112 valence electrons. The molecule has 20 heavy (non-hydrogen) atoms. The Bertz CT molecular complexity index is 454. The number of hydrogen-bond acceptors (Lipinski definition) is 2. The highest BCUT2D eigenvalue weighted by molar-refractivity contribution is 9.10. The van der Waals surface area contributed by atoms with Gasteiger partial charge in [0.15, 0.2) is 0 Å². The summed E-state index contributed by atoms with van der Waals surface area (Å²) in [6, 6.07) is 7.17. The highest BCUT2D eigenvalue weighted by Crippen LogP contribution is 2.35. The number of hydrogen-bond donors (Lipinski definition) is 1. The molecule has 1 aliphatic heterocycles. The van der Waals surface area contributed by atoms with E-state index in [2.05, 4.69) is 72.0 Å². The number of rotatable bonds is 4. The largest absolute Gasteiger partial charge is 0.365 e. The number of anilines is 1. The minimum atomic E-state index is 0.259. The van der Waals surface area contributed by atoms with E-state index in [1.807, 2.05) is 0 Å². The molecular weight excluding hydrogens is 312 g/mol. The lowest BCUT2D eigenvalue weighted by Crippen LogP contribution is -2.64. The Balaban J connectivity index is 2.36. The van der Waals surface area contributed by atoms with Gasteiger partial charge in [-0.25, -0.2) is 0 Å². The molecule has 0 saturated carbocycles. The molecule has 2 nitrogen and oxygen atoms in total. The zero-order valence-electron chi connectivity index (χ0n) is 13.2. The molecule has 1 fully saturated rings. The second-order valence-corrected chi connectivity index (χ2v) is 6.76. The Hall–Kier alpha value is -0.540. The molecule has 1 N–H and O–H groups in total. The van der Waals surface area contributed by atoms with Gasteiger partial charge in [0.1, 0.15) is 0 Å². The quantitative estimate of drug-likeness (QED) is 0.869. The van der Waals surface area contributed by atoms with Crippen molar-refractivity contribution in [2.45, 2.75) is 58.5 Å². The average Bonchev–Trinajstić information content (AvgIpc) is 2.49. The van der Waals surface area contributed by atoms with E-state index in [0.29, 0.717) is 6.04 Å². The lowest BCUT2D eigenvalue weighted by atomic mass is 9.87. The van der Waals surface area contributed by atoms with E-state index in [4.69, 9.17) is 0 Å². The van der Waals surface area contributed by atoms with E-state index in [0.717, 1.165) is 13.1 Å². The Labute approximate surface area is 132 Å². The van der Waals surface area contributed by atoms with Gasteiger partial charge in [0.25, 0.3) is 0 Å². The summed E-state index contributed by atoms with van der Waals surface area (Å²) in [5.41, 5.74) is 2.92. The van der Waals surface area contributed by atoms with Crippen molar-refractivity contribution in [1.29, 1.82) is 0 Å². The fourth-order valence-electron chi connectivity index (χ4n) is 3.18. The van der Waals surface area contributed by atoms with Gasteiger partial charge in [0.2, 0.25) is 0 Å². The van der Waals surface area contributed by atoms with Crippen molar-refractivity contribution >= 4 is 21.6 Å². The van der Waals surface area contributed by atoms with Crippen LogP contribution in [0.5, 0.6) is 0 Å². The van der Waals surface area contributed by atoms with Gasteiger partial charge >= 0.3 is 0 Å². The molecular formula is C17H27BrN2. The zero-order chi connectivity index (χ0) is 14.8. The standard InChI is InChI=1S/C17H27BrN2/c1-5-14-11-19-17(6-2,7-3)12-20(14)15-10-8-9-13(4)16(15)18/h8-10,14,19H,5-7,11-12H2,1-4H3. The van der Waals surface area contributed by atoms with E-state index >= 15 is 0 Å². The maximum Gasteiger partial charge on any atom is 0.0516 e. The number of halogens is 1. The second-order valence-electron chi connectivity index (χ2n) is 5.97. The van der Waals surface area contributed by atoms with Crippen molar-refractivity contribution in [3.63, 3.8) is 0 Å². The van der Waals surface area contributed by atoms with Crippen LogP contribution in [0.3, 0.4) is 0 Å². The summed E-state index contributed by atoms with van der Waals surface area (Å²) < 4.78 is 1.25. The molecule has 3 heteroatoms. The lowest BCUT2D eigenvalue weighted by molar-refractivity contribution is 0.246. The first-order chi connectivity index (χ1) is 9.56. The van der Waals surface area contributed by atoms with Gasteiger partial charge < -0.3 is 10.2 Å². The van der Waals surface area contributed by atoms with Crippen LogP contribution in [0, 0.1) is 6.92 Å². The van der Waals surface area contributed by atoms with Gasteiger partial charge in [-0.15, -0.1) is 0 Å². The molecule has 1 saturated heterocycles. The van der Waals surface area contributed by atoms with Crippen molar-refractivity contribution in [3.05, 3.63) is 28.2 Å². The molecule has 1 atom stereocenters. The summed E-state index contributed by atoms with van der Waals surface area (Å²) >= 11 is 3.79. The molecule has 0 aromatic heterocycles. The van der Waals surface area contributed by atoms with Gasteiger partial charge in [-0.2, -0.15) is 0 Å². The third-order valence-corrected chi connectivity index (χ3v) is 5.96. The van der Waals surface area contributed by atoms with Crippen LogP contribution in [-0.4, -0.2) is 24.7 Å². The van der Waals surface area contributed by atoms with E-state index in [1.54, 1.807) is 0 Å². The lowest BCUT2D eigenvalue weighted by Gasteiger charge is -2.49. The van der Waals surface area contributed by atoms with Crippen LogP contribution < -0.4 is 10.2 Å². The van der Waals surface area contributed by atoms with E-state index in [-0.39, 0.29) is 5.54 Å². The fraction of sp³-hybridized carbons (Fsp3) is 0.647. The first-order valence-electron chi connectivity index (χ1n) is 7.83. The first-order valence-corrected chi connectivity index (χ1v) is 8.63. The summed E-state index contributed by atoms with van der Waals surface area (Å²) in [6.07, 6.45) is 3.54. The predicted octanol–water partition coefficient (Wildman–Crippen LogP) is 4.50. The molecule has 2 rings (SSSR count). The third-order valence-electron chi connectivity index (χ3n) is 4.93. The van der Waals surface area contributed by atoms with Gasteiger partial charge in [0, 0.05) is 29.1 Å². The van der Waals surface area contributed by atoms with E-state index in [9.17, 15) is 0 Å². The summed E-state index contributed by atoms with van der Waals surface area (Å²) in [6.45, 7) is 11.2. The fourth-order valence-corrected chi connectivity index (χ4v) is 3.67. The Morgan fingerprint density at radius 1 is 1.30 bits per heavy atom. The molecule has 0 aliphatic carbocycles. The first kappa shape index (κ1) is 15.8. The van der Waals surface area contributed by atoms with Crippen LogP contribution in [0.15, 0.2) is 22.7 Å². The Morgan fingerprint density at radius 2 is 2.00 bits per heavy atom. The van der Waals surface area contributed by atoms with Crippen LogP contribution in [0.1, 0.15) is 45.6 Å². The second kappa shape index (κ2) is 6.48. The zero-order valence-corrected chi connectivity index (χ0v) is 14.8. The van der Waals surface area contributed by atoms with Crippen molar-refractivity contribution in [2.75, 3.05) is 18.0 Å². The molecule has 0 bridgehead atoms. The number of aryl methyl sites for hydroxylation is 1. The number of nitrogens with one attached hydrogen (secondary N) is 1. The number of nitrogens with zero attached hydrogens (tertiary/aromatic N) is 1. The molecule has 1 aliphatic rings. The van der Waals surface area contributed by atoms with Gasteiger partial charge in [-0.1, -0.05) is 32.9 Å². The Kier molecular flexibility index (Phi) is 5.14. The van der Waals surface area contributed by atoms with Crippen molar-refractivity contribution in [3.8, 4) is 0 Å². The minimum absolute atomic E-state index is 0.259. The SMILES string of the molecule is CCC1CNC(CC)(CC)CN1c1cccc(C)c1Br. The Morgan fingerprint density at radius 3 is 2.60 bits per heavy atom. The van der Waals surface area contributed by atoms with Crippen molar-refractivity contribution in [2.24, 2.45) is 0 Å². The van der Waals surface area contributed by atoms with Gasteiger partial charge in [0.05, 0.1) is 5.69 Å². The average molecular weight is 339 g/mol. The monoisotopic (exact) mass is 338 g/mol. The molecule has 1 unspecified atom stereocenters. The summed E-state index contributed by atoms with van der Waals surface area (Å²) in [4.78, 5) is 2.61.